The molecule has 0 fully saturated rings. The van der Waals surface area contributed by atoms with Gasteiger partial charge in [0, 0.05) is 35.0 Å². The zero-order valence-electron chi connectivity index (χ0n) is 11.0. The largest absolute Gasteiger partial charge is 0.481 e. The normalized spacial score (nSPS) is 13.2. The number of aliphatic carboxylic acids is 1. The van der Waals surface area contributed by atoms with Gasteiger partial charge in [0.15, 0.2) is 0 Å². The highest BCUT2D eigenvalue weighted by atomic mass is 32.2. The fourth-order valence-corrected chi connectivity index (χ4v) is 3.06. The van der Waals surface area contributed by atoms with Gasteiger partial charge in [-0.1, -0.05) is 6.92 Å². The second-order valence-corrected chi connectivity index (χ2v) is 7.55. The molecule has 0 aliphatic heterocycles. The number of carboxylic acids is 1. The van der Waals surface area contributed by atoms with Gasteiger partial charge in [0.1, 0.15) is 4.90 Å². The first kappa shape index (κ1) is 16.8. The third-order valence-electron chi connectivity index (χ3n) is 2.42. The summed E-state index contributed by atoms with van der Waals surface area (Å²) in [6.07, 6.45) is 2.28. The summed E-state index contributed by atoms with van der Waals surface area (Å²) in [6, 6.07) is 0. The van der Waals surface area contributed by atoms with Crippen LogP contribution in [0, 0.1) is 0 Å². The summed E-state index contributed by atoms with van der Waals surface area (Å²) < 4.78 is 38.5. The molecule has 0 aliphatic rings. The predicted molar refractivity (Wildman–Crippen MR) is 73.2 cm³/mol. The number of carbonyl (C=O) groups is 1. The van der Waals surface area contributed by atoms with Crippen molar-refractivity contribution in [2.45, 2.75) is 24.8 Å². The Morgan fingerprint density at radius 3 is 2.85 bits per heavy atom. The van der Waals surface area contributed by atoms with E-state index in [0.717, 1.165) is 6.20 Å². The standard InChI is InChI=1S/C10H17N3O5S2/c1-2-19(16)6-4-12-20(17,18)9-7-11-13(8-9)5-3-10(14)15/h7-8,12H,2-6H2,1H3,(H,14,15). The number of rotatable bonds is 9. The van der Waals surface area contributed by atoms with Gasteiger partial charge < -0.3 is 5.11 Å². The summed E-state index contributed by atoms with van der Waals surface area (Å²) >= 11 is 0. The molecule has 0 radical (unpaired) electrons. The highest BCUT2D eigenvalue weighted by molar-refractivity contribution is 7.89. The number of aryl methyl sites for hydroxylation is 1. The molecule has 0 aliphatic carbocycles. The summed E-state index contributed by atoms with van der Waals surface area (Å²) in [5.41, 5.74) is 0. The summed E-state index contributed by atoms with van der Waals surface area (Å²) in [5.74, 6) is -0.248. The van der Waals surface area contributed by atoms with Crippen molar-refractivity contribution in [1.82, 2.24) is 14.5 Å². The molecule has 1 aromatic heterocycles. The quantitative estimate of drug-likeness (QED) is 0.627. The van der Waals surface area contributed by atoms with Gasteiger partial charge in [0.25, 0.3) is 0 Å². The van der Waals surface area contributed by atoms with Crippen LogP contribution in [0.4, 0.5) is 0 Å². The molecule has 0 amide bonds. The molecule has 1 rings (SSSR count). The summed E-state index contributed by atoms with van der Waals surface area (Å²) in [6.45, 7) is 1.95. The van der Waals surface area contributed by atoms with Gasteiger partial charge in [-0.05, 0) is 0 Å². The second kappa shape index (κ2) is 7.50. The van der Waals surface area contributed by atoms with Gasteiger partial charge in [-0.15, -0.1) is 0 Å². The van der Waals surface area contributed by atoms with Crippen LogP contribution in [-0.2, 0) is 32.2 Å². The Kier molecular flexibility index (Phi) is 6.30. The minimum atomic E-state index is -3.70. The van der Waals surface area contributed by atoms with Crippen LogP contribution in [0.25, 0.3) is 0 Å². The number of carboxylic acid groups (broad SMARTS) is 1. The zero-order valence-corrected chi connectivity index (χ0v) is 12.6. The molecule has 114 valence electrons. The molecule has 2 N–H and O–H groups in total. The molecule has 1 heterocycles. The van der Waals surface area contributed by atoms with Gasteiger partial charge in [0.05, 0.1) is 19.2 Å². The number of nitrogens with one attached hydrogen (secondary N) is 1. The van der Waals surface area contributed by atoms with Crippen molar-refractivity contribution < 1.29 is 22.5 Å². The molecule has 8 nitrogen and oxygen atoms in total. The maximum Gasteiger partial charge on any atom is 0.305 e. The maximum absolute atomic E-state index is 11.9. The Hall–Kier alpha value is -1.26. The lowest BCUT2D eigenvalue weighted by Gasteiger charge is -2.03. The summed E-state index contributed by atoms with van der Waals surface area (Å²) in [5, 5.41) is 12.3. The molecule has 0 bridgehead atoms. The predicted octanol–water partition coefficient (Wildman–Crippen LogP) is -0.595. The third kappa shape index (κ3) is 5.39. The first-order valence-corrected chi connectivity index (χ1v) is 8.91. The molecule has 1 aromatic rings. The Bertz CT molecular complexity index is 581. The van der Waals surface area contributed by atoms with E-state index in [4.69, 9.17) is 5.11 Å². The molecule has 0 spiro atoms. The molecule has 0 aromatic carbocycles. The van der Waals surface area contributed by atoms with Crippen molar-refractivity contribution in [3.8, 4) is 0 Å². The molecule has 1 unspecified atom stereocenters. The van der Waals surface area contributed by atoms with Crippen molar-refractivity contribution in [2.75, 3.05) is 18.1 Å². The van der Waals surface area contributed by atoms with E-state index in [0.29, 0.717) is 5.75 Å². The fraction of sp³-hybridized carbons (Fsp3) is 0.600. The smallest absolute Gasteiger partial charge is 0.305 e. The number of hydrogen-bond donors (Lipinski definition) is 2. The lowest BCUT2D eigenvalue weighted by molar-refractivity contribution is -0.137. The molecule has 10 heteroatoms. The SMILES string of the molecule is CCS(=O)CCNS(=O)(=O)c1cnn(CCC(=O)O)c1. The minimum Gasteiger partial charge on any atom is -0.481 e. The third-order valence-corrected chi connectivity index (χ3v) is 5.14. The van der Waals surface area contributed by atoms with Crippen molar-refractivity contribution >= 4 is 26.8 Å². The monoisotopic (exact) mass is 323 g/mol. The second-order valence-electron chi connectivity index (χ2n) is 3.91. The molecular weight excluding hydrogens is 306 g/mol. The van der Waals surface area contributed by atoms with Crippen molar-refractivity contribution in [3.05, 3.63) is 12.4 Å². The average molecular weight is 323 g/mol. The van der Waals surface area contributed by atoms with Crippen LogP contribution in [-0.4, -0.2) is 51.5 Å². The first-order valence-electron chi connectivity index (χ1n) is 5.94. The van der Waals surface area contributed by atoms with Crippen LogP contribution >= 0.6 is 0 Å². The lowest BCUT2D eigenvalue weighted by atomic mass is 10.4. The van der Waals surface area contributed by atoms with E-state index in [1.807, 2.05) is 0 Å². The molecule has 1 atom stereocenters. The Morgan fingerprint density at radius 1 is 1.55 bits per heavy atom. The van der Waals surface area contributed by atoms with Gasteiger partial charge in [0.2, 0.25) is 10.0 Å². The average Bonchev–Trinajstić information content (AvgIpc) is 2.85. The molecule has 0 saturated carbocycles. The van der Waals surface area contributed by atoms with Crippen LogP contribution in [0.2, 0.25) is 0 Å². The highest BCUT2D eigenvalue weighted by Gasteiger charge is 2.16. The van der Waals surface area contributed by atoms with Crippen LogP contribution in [0.1, 0.15) is 13.3 Å². The van der Waals surface area contributed by atoms with E-state index in [1.165, 1.54) is 10.9 Å². The Balaban J connectivity index is 2.59. The number of sulfonamides is 1. The van der Waals surface area contributed by atoms with Crippen LogP contribution < -0.4 is 4.72 Å². The number of hydrogen-bond acceptors (Lipinski definition) is 5. The van der Waals surface area contributed by atoms with Gasteiger partial charge in [-0.3, -0.25) is 13.7 Å². The van der Waals surface area contributed by atoms with Crippen LogP contribution in [0.3, 0.4) is 0 Å². The maximum atomic E-state index is 11.9. The van der Waals surface area contributed by atoms with E-state index in [1.54, 1.807) is 6.92 Å². The molecular formula is C10H17N3O5S2. The summed E-state index contributed by atoms with van der Waals surface area (Å²) in [7, 11) is -4.73. The highest BCUT2D eigenvalue weighted by Crippen LogP contribution is 2.07. The minimum absolute atomic E-state index is 0.0369. The van der Waals surface area contributed by atoms with Crippen LogP contribution in [0.15, 0.2) is 17.3 Å². The molecule has 0 saturated heterocycles. The Labute approximate surface area is 119 Å². The first-order chi connectivity index (χ1) is 9.35. The van der Waals surface area contributed by atoms with Crippen molar-refractivity contribution in [3.63, 3.8) is 0 Å². The van der Waals surface area contributed by atoms with E-state index in [-0.39, 0.29) is 30.2 Å². The lowest BCUT2D eigenvalue weighted by Crippen LogP contribution is -2.28. The van der Waals surface area contributed by atoms with Crippen molar-refractivity contribution in [2.24, 2.45) is 0 Å². The van der Waals surface area contributed by atoms with E-state index in [9.17, 15) is 17.4 Å². The van der Waals surface area contributed by atoms with Gasteiger partial charge >= 0.3 is 5.97 Å². The number of aromatic nitrogens is 2. The fourth-order valence-electron chi connectivity index (χ4n) is 1.33. The van der Waals surface area contributed by atoms with Crippen LogP contribution in [0.5, 0.6) is 0 Å². The van der Waals surface area contributed by atoms with E-state index in [2.05, 4.69) is 9.82 Å². The van der Waals surface area contributed by atoms with E-state index >= 15 is 0 Å². The van der Waals surface area contributed by atoms with Gasteiger partial charge in [-0.25, -0.2) is 13.1 Å². The van der Waals surface area contributed by atoms with E-state index < -0.39 is 26.8 Å². The zero-order chi connectivity index (χ0) is 15.2. The Morgan fingerprint density at radius 2 is 2.25 bits per heavy atom. The summed E-state index contributed by atoms with van der Waals surface area (Å²) in [4.78, 5) is 10.4. The molecule has 20 heavy (non-hydrogen) atoms. The topological polar surface area (TPSA) is 118 Å². The van der Waals surface area contributed by atoms with Crippen molar-refractivity contribution in [1.29, 1.82) is 0 Å². The van der Waals surface area contributed by atoms with Gasteiger partial charge in [-0.2, -0.15) is 5.10 Å². The number of nitrogens with zero attached hydrogens (tertiary/aromatic N) is 2.